The Bertz CT molecular complexity index is 1430. The lowest BCUT2D eigenvalue weighted by Gasteiger charge is -2.35. The lowest BCUT2D eigenvalue weighted by molar-refractivity contribution is -0.132. The Morgan fingerprint density at radius 3 is 2.28 bits per heavy atom. The van der Waals surface area contributed by atoms with Crippen molar-refractivity contribution in [3.05, 3.63) is 95.1 Å². The molecule has 1 saturated heterocycles. The first-order valence-electron chi connectivity index (χ1n) is 12.8. The molecule has 2 aliphatic rings. The average molecular weight is 527 g/mol. The molecule has 3 aromatic carbocycles. The fourth-order valence-corrected chi connectivity index (χ4v) is 5.03. The maximum atomic E-state index is 13.2. The number of amides is 2. The molecule has 0 saturated carbocycles. The van der Waals surface area contributed by atoms with Crippen molar-refractivity contribution in [2.24, 2.45) is 0 Å². The fraction of sp³-hybridized carbons (Fsp3) is 0.233. The summed E-state index contributed by atoms with van der Waals surface area (Å²) in [5, 5.41) is 17.0. The molecule has 0 radical (unpaired) electrons. The number of carboxylic acid groups (broad SMARTS) is 1. The Kier molecular flexibility index (Phi) is 7.44. The number of hydrogen-bond acceptors (Lipinski definition) is 6. The van der Waals surface area contributed by atoms with Gasteiger partial charge >= 0.3 is 5.97 Å². The number of fused-ring (bicyclic) bond motifs is 1. The Morgan fingerprint density at radius 1 is 0.974 bits per heavy atom. The minimum absolute atomic E-state index is 0.0218. The largest absolute Gasteiger partial charge is 0.478 e. The van der Waals surface area contributed by atoms with Gasteiger partial charge in [0.25, 0.3) is 11.8 Å². The zero-order valence-corrected chi connectivity index (χ0v) is 21.8. The molecule has 9 heteroatoms. The number of carbonyl (C=O) groups excluding carboxylic acids is 2. The van der Waals surface area contributed by atoms with Crippen LogP contribution in [0.15, 0.2) is 72.8 Å². The van der Waals surface area contributed by atoms with Crippen LogP contribution < -0.4 is 10.6 Å². The third kappa shape index (κ3) is 5.41. The summed E-state index contributed by atoms with van der Waals surface area (Å²) in [7, 11) is 3.59. The summed E-state index contributed by atoms with van der Waals surface area (Å²) in [5.41, 5.74) is 4.09. The fourth-order valence-electron chi connectivity index (χ4n) is 5.03. The van der Waals surface area contributed by atoms with Crippen molar-refractivity contribution in [3.8, 4) is 0 Å². The molecular formula is C30H30N4O5. The Morgan fingerprint density at radius 2 is 1.64 bits per heavy atom. The predicted octanol–water partition coefficient (Wildman–Crippen LogP) is 4.42. The molecule has 2 aliphatic heterocycles. The summed E-state index contributed by atoms with van der Waals surface area (Å²) in [5.74, 6) is -1.60. The summed E-state index contributed by atoms with van der Waals surface area (Å²) in [6, 6.07) is 21.1. The molecule has 0 spiro atoms. The van der Waals surface area contributed by atoms with Crippen molar-refractivity contribution in [2.45, 2.75) is 18.9 Å². The van der Waals surface area contributed by atoms with Crippen LogP contribution in [-0.4, -0.2) is 66.1 Å². The van der Waals surface area contributed by atoms with Crippen molar-refractivity contribution in [3.63, 3.8) is 0 Å². The van der Waals surface area contributed by atoms with Crippen LogP contribution in [0.2, 0.25) is 0 Å². The predicted molar refractivity (Wildman–Crippen MR) is 149 cm³/mol. The van der Waals surface area contributed by atoms with Gasteiger partial charge in [0.05, 0.1) is 35.7 Å². The number of aromatic carboxylic acids is 1. The third-order valence-corrected chi connectivity index (χ3v) is 7.14. The number of carbonyl (C=O) groups is 3. The maximum Gasteiger partial charge on any atom is 0.335 e. The molecule has 1 fully saturated rings. The van der Waals surface area contributed by atoms with Gasteiger partial charge in [0.15, 0.2) is 0 Å². The number of nitrogens with one attached hydrogen (secondary N) is 2. The normalized spacial score (nSPS) is 16.8. The molecule has 9 nitrogen and oxygen atoms in total. The van der Waals surface area contributed by atoms with Crippen LogP contribution >= 0.6 is 0 Å². The number of hydroxylamine groups is 2. The highest BCUT2D eigenvalue weighted by Crippen LogP contribution is 2.38. The summed E-state index contributed by atoms with van der Waals surface area (Å²) < 4.78 is 0. The topological polar surface area (TPSA) is 111 Å². The molecule has 39 heavy (non-hydrogen) atoms. The van der Waals surface area contributed by atoms with Crippen LogP contribution in [0.5, 0.6) is 0 Å². The van der Waals surface area contributed by atoms with Crippen molar-refractivity contribution in [1.29, 1.82) is 0 Å². The number of carboxylic acids is 1. The number of nitrogens with zero attached hydrogens (tertiary/aromatic N) is 2. The summed E-state index contributed by atoms with van der Waals surface area (Å²) in [4.78, 5) is 45.5. The zero-order valence-electron chi connectivity index (χ0n) is 21.8. The molecular weight excluding hydrogens is 496 g/mol. The van der Waals surface area contributed by atoms with Crippen molar-refractivity contribution in [2.75, 3.05) is 37.9 Å². The van der Waals surface area contributed by atoms with E-state index >= 15 is 0 Å². The summed E-state index contributed by atoms with van der Waals surface area (Å²) in [6.07, 6.45) is 1.70. The molecule has 5 rings (SSSR count). The SMILES string of the molecule is CON(C(=O)c1ccc(N/C(=C2/C(=O)Nc3cc(C(=O)O)ccc32)c2ccccc2)cc1)C1CCN(C)CC1. The van der Waals surface area contributed by atoms with Gasteiger partial charge in [-0.25, -0.2) is 9.86 Å². The smallest absolute Gasteiger partial charge is 0.335 e. The molecule has 2 amide bonds. The Hall–Kier alpha value is -4.47. The Labute approximate surface area is 226 Å². The highest BCUT2D eigenvalue weighted by atomic mass is 16.7. The summed E-state index contributed by atoms with van der Waals surface area (Å²) >= 11 is 0. The van der Waals surface area contributed by atoms with Gasteiger partial charge in [0.2, 0.25) is 0 Å². The minimum Gasteiger partial charge on any atom is -0.478 e. The number of anilines is 2. The van der Waals surface area contributed by atoms with Gasteiger partial charge in [0, 0.05) is 16.8 Å². The van der Waals surface area contributed by atoms with E-state index in [1.165, 1.54) is 24.3 Å². The summed E-state index contributed by atoms with van der Waals surface area (Å²) in [6.45, 7) is 1.82. The quantitative estimate of drug-likeness (QED) is 0.309. The third-order valence-electron chi connectivity index (χ3n) is 7.14. The number of hydrogen-bond donors (Lipinski definition) is 3. The molecule has 0 atom stereocenters. The Balaban J connectivity index is 1.45. The second kappa shape index (κ2) is 11.1. The molecule has 3 aromatic rings. The van der Waals surface area contributed by atoms with Gasteiger partial charge < -0.3 is 20.6 Å². The van der Waals surface area contributed by atoms with Gasteiger partial charge in [-0.2, -0.15) is 0 Å². The van der Waals surface area contributed by atoms with Crippen LogP contribution in [0.25, 0.3) is 11.3 Å². The lowest BCUT2D eigenvalue weighted by atomic mass is 9.99. The molecule has 0 aromatic heterocycles. The number of piperidine rings is 1. The molecule has 3 N–H and O–H groups in total. The highest BCUT2D eigenvalue weighted by Gasteiger charge is 2.30. The first-order chi connectivity index (χ1) is 18.9. The van der Waals surface area contributed by atoms with E-state index in [0.717, 1.165) is 31.5 Å². The van der Waals surface area contributed by atoms with Crippen molar-refractivity contribution >= 4 is 40.4 Å². The molecule has 2 heterocycles. The molecule has 0 aliphatic carbocycles. The van der Waals surface area contributed by atoms with Crippen LogP contribution in [0.3, 0.4) is 0 Å². The van der Waals surface area contributed by atoms with Crippen LogP contribution in [0.4, 0.5) is 11.4 Å². The van der Waals surface area contributed by atoms with E-state index in [9.17, 15) is 19.5 Å². The van der Waals surface area contributed by atoms with Gasteiger partial charge in [-0.05, 0) is 74.9 Å². The second-order valence-electron chi connectivity index (χ2n) is 9.69. The van der Waals surface area contributed by atoms with Crippen molar-refractivity contribution < 1.29 is 24.3 Å². The van der Waals surface area contributed by atoms with Crippen LogP contribution in [0, 0.1) is 0 Å². The minimum atomic E-state index is -1.07. The second-order valence-corrected chi connectivity index (χ2v) is 9.69. The monoisotopic (exact) mass is 526 g/mol. The molecule has 0 bridgehead atoms. The van der Waals surface area contributed by atoms with Gasteiger partial charge in [-0.1, -0.05) is 36.4 Å². The van der Waals surface area contributed by atoms with Crippen molar-refractivity contribution in [1.82, 2.24) is 9.96 Å². The maximum absolute atomic E-state index is 13.2. The van der Waals surface area contributed by atoms with E-state index in [1.54, 1.807) is 30.3 Å². The van der Waals surface area contributed by atoms with E-state index in [1.807, 2.05) is 30.3 Å². The van der Waals surface area contributed by atoms with Gasteiger partial charge in [-0.15, -0.1) is 0 Å². The highest BCUT2D eigenvalue weighted by molar-refractivity contribution is 6.37. The zero-order chi connectivity index (χ0) is 27.5. The molecule has 200 valence electrons. The number of likely N-dealkylation sites (tertiary alicyclic amines) is 1. The van der Waals surface area contributed by atoms with E-state index in [0.29, 0.717) is 33.8 Å². The standard InChI is InChI=1S/C30H30N4O5/c1-33-16-14-23(15-17-33)34(39-2)29(36)20-8-11-22(12-9-20)31-27(19-6-4-3-5-7-19)26-24-13-10-21(30(37)38)18-25(24)32-28(26)35/h3-13,18,23,31H,14-17H2,1-2H3,(H,32,35)(H,37,38)/b27-26+. The van der Waals surface area contributed by atoms with Crippen LogP contribution in [0.1, 0.15) is 44.7 Å². The van der Waals surface area contributed by atoms with E-state index in [-0.39, 0.29) is 23.4 Å². The molecule has 0 unspecified atom stereocenters. The number of rotatable bonds is 7. The van der Waals surface area contributed by atoms with Crippen LogP contribution in [-0.2, 0) is 9.63 Å². The average Bonchev–Trinajstić information content (AvgIpc) is 3.28. The number of benzene rings is 3. The van der Waals surface area contributed by atoms with E-state index in [4.69, 9.17) is 4.84 Å². The van der Waals surface area contributed by atoms with E-state index < -0.39 is 5.97 Å². The first kappa shape index (κ1) is 26.1. The van der Waals surface area contributed by atoms with Gasteiger partial charge in [0.1, 0.15) is 0 Å². The lowest BCUT2D eigenvalue weighted by Crippen LogP contribution is -2.46. The van der Waals surface area contributed by atoms with Gasteiger partial charge in [-0.3, -0.25) is 14.4 Å². The van der Waals surface area contributed by atoms with E-state index in [2.05, 4.69) is 22.6 Å². The first-order valence-corrected chi connectivity index (χ1v) is 12.8.